The first-order valence-electron chi connectivity index (χ1n) is 11.9. The van der Waals surface area contributed by atoms with Crippen molar-refractivity contribution in [3.05, 3.63) is 59.5 Å². The Kier molecular flexibility index (Phi) is 10.2. The molecule has 0 aliphatic carbocycles. The summed E-state index contributed by atoms with van der Waals surface area (Å²) in [6, 6.07) is 8.35. The summed E-state index contributed by atoms with van der Waals surface area (Å²) in [5, 5.41) is 6.98. The number of aliphatic carboxylic acids is 1. The van der Waals surface area contributed by atoms with Gasteiger partial charge in [0.1, 0.15) is 5.82 Å². The van der Waals surface area contributed by atoms with Gasteiger partial charge in [0.15, 0.2) is 14.9 Å². The molecule has 0 amide bonds. The average molecular weight is 613 g/mol. The third-order valence-corrected chi connectivity index (χ3v) is 10.1. The zero-order valence-corrected chi connectivity index (χ0v) is 22.6. The summed E-state index contributed by atoms with van der Waals surface area (Å²) < 4.78 is 107. The Morgan fingerprint density at radius 3 is 2.33 bits per heavy atom. The third-order valence-electron chi connectivity index (χ3n) is 6.31. The Morgan fingerprint density at radius 2 is 1.75 bits per heavy atom. The molecule has 2 fully saturated rings. The maximum absolute atomic E-state index is 14.5. The number of rotatable bonds is 7. The molecule has 1 aromatic carbocycles. The van der Waals surface area contributed by atoms with Gasteiger partial charge in [0, 0.05) is 44.3 Å². The molecule has 2 unspecified atom stereocenters. The number of halogens is 4. The Bertz CT molecular complexity index is 1400. The van der Waals surface area contributed by atoms with Crippen LogP contribution in [0.4, 0.5) is 17.6 Å². The number of hydrogen-bond donors (Lipinski definition) is 2. The third kappa shape index (κ3) is 7.73. The van der Waals surface area contributed by atoms with E-state index in [4.69, 9.17) is 20.4 Å². The minimum absolute atomic E-state index is 0.00290. The van der Waals surface area contributed by atoms with Crippen molar-refractivity contribution in [2.24, 2.45) is 5.73 Å². The number of carboxylic acids is 1. The van der Waals surface area contributed by atoms with Gasteiger partial charge in [-0.3, -0.25) is 0 Å². The van der Waals surface area contributed by atoms with Crippen LogP contribution in [0.25, 0.3) is 0 Å². The number of nitrogens with zero attached hydrogens (tertiary/aromatic N) is 3. The number of carboxylic acid groups (broad SMARTS) is 1. The summed E-state index contributed by atoms with van der Waals surface area (Å²) in [7, 11) is -7.90. The van der Waals surface area contributed by atoms with Crippen LogP contribution in [0.5, 0.6) is 0 Å². The maximum atomic E-state index is 14.5. The summed E-state index contributed by atoms with van der Waals surface area (Å²) in [6.07, 6.45) is -3.53. The lowest BCUT2D eigenvalue weighted by Gasteiger charge is -2.32. The standard InChI is InChI=1S/C21H27FN4O5S2.C2HF3O2/c22-20-4-2-1-3-19(20)17-12-18(15-32(27,28)21-11-16(13-23)5-6-24-21)26(14-17)33(29,30)25-7-9-31-10-8-25;3-2(4,5)1(6)7/h1-6,11,17-18H,7-10,12-15,23H2;(H,6,7). The zero-order chi connectivity index (χ0) is 29.7. The van der Waals surface area contributed by atoms with E-state index in [9.17, 15) is 34.4 Å². The van der Waals surface area contributed by atoms with E-state index in [2.05, 4.69) is 4.98 Å². The number of nitrogens with two attached hydrogens (primary N) is 1. The molecule has 0 radical (unpaired) electrons. The fraction of sp³-hybridized carbons (Fsp3) is 0.478. The van der Waals surface area contributed by atoms with Crippen molar-refractivity contribution in [1.82, 2.24) is 13.6 Å². The van der Waals surface area contributed by atoms with Gasteiger partial charge in [0.2, 0.25) is 0 Å². The van der Waals surface area contributed by atoms with E-state index in [1.54, 1.807) is 24.3 Å². The molecule has 2 saturated heterocycles. The fourth-order valence-electron chi connectivity index (χ4n) is 4.36. The van der Waals surface area contributed by atoms with Gasteiger partial charge in [-0.2, -0.15) is 30.2 Å². The van der Waals surface area contributed by atoms with Gasteiger partial charge in [-0.15, -0.1) is 0 Å². The predicted octanol–water partition coefficient (Wildman–Crippen LogP) is 1.52. The number of aromatic nitrogens is 1. The highest BCUT2D eigenvalue weighted by Crippen LogP contribution is 2.37. The number of sulfone groups is 1. The van der Waals surface area contributed by atoms with Crippen molar-refractivity contribution in [3.8, 4) is 0 Å². The lowest BCUT2D eigenvalue weighted by molar-refractivity contribution is -0.192. The van der Waals surface area contributed by atoms with Crippen molar-refractivity contribution in [2.75, 3.05) is 38.6 Å². The molecule has 222 valence electrons. The van der Waals surface area contributed by atoms with Gasteiger partial charge in [-0.1, -0.05) is 18.2 Å². The largest absolute Gasteiger partial charge is 0.490 e. The molecule has 1 aromatic heterocycles. The van der Waals surface area contributed by atoms with E-state index in [0.717, 1.165) is 0 Å². The van der Waals surface area contributed by atoms with Gasteiger partial charge in [0.25, 0.3) is 10.2 Å². The lowest BCUT2D eigenvalue weighted by Crippen LogP contribution is -2.51. The van der Waals surface area contributed by atoms with Crippen LogP contribution in [0.1, 0.15) is 23.5 Å². The summed E-state index contributed by atoms with van der Waals surface area (Å²) in [4.78, 5) is 12.9. The molecule has 11 nitrogen and oxygen atoms in total. The molecule has 0 bridgehead atoms. The second kappa shape index (κ2) is 12.9. The normalized spacial score (nSPS) is 21.0. The predicted molar refractivity (Wildman–Crippen MR) is 133 cm³/mol. The van der Waals surface area contributed by atoms with E-state index >= 15 is 0 Å². The fourth-order valence-corrected chi connectivity index (χ4v) is 7.82. The first kappa shape index (κ1) is 31.8. The highest BCUT2D eigenvalue weighted by atomic mass is 32.2. The molecule has 2 atom stereocenters. The van der Waals surface area contributed by atoms with Crippen LogP contribution in [0, 0.1) is 5.82 Å². The minimum atomic E-state index is -5.08. The summed E-state index contributed by atoms with van der Waals surface area (Å²) >= 11 is 0. The van der Waals surface area contributed by atoms with E-state index in [0.29, 0.717) is 11.1 Å². The zero-order valence-electron chi connectivity index (χ0n) is 21.0. The molecule has 0 spiro atoms. The lowest BCUT2D eigenvalue weighted by atomic mass is 9.96. The highest BCUT2D eigenvalue weighted by molar-refractivity contribution is 7.91. The molecule has 3 N–H and O–H groups in total. The molecule has 2 aliphatic rings. The number of benzene rings is 1. The van der Waals surface area contributed by atoms with Crippen molar-refractivity contribution in [2.45, 2.75) is 36.1 Å². The molecule has 0 saturated carbocycles. The second-order valence-corrected chi connectivity index (χ2v) is 12.8. The Balaban J connectivity index is 0.000000559. The number of carbonyl (C=O) groups is 1. The summed E-state index contributed by atoms with van der Waals surface area (Å²) in [5.74, 6) is -4.12. The maximum Gasteiger partial charge on any atom is 0.490 e. The molecular formula is C23H28F4N4O7S2. The molecule has 2 aromatic rings. The van der Waals surface area contributed by atoms with Crippen LogP contribution in [0.15, 0.2) is 47.6 Å². The Morgan fingerprint density at radius 1 is 1.12 bits per heavy atom. The highest BCUT2D eigenvalue weighted by Gasteiger charge is 2.45. The van der Waals surface area contributed by atoms with Crippen LogP contribution >= 0.6 is 0 Å². The number of alkyl halides is 3. The van der Waals surface area contributed by atoms with Gasteiger partial charge >= 0.3 is 12.1 Å². The van der Waals surface area contributed by atoms with Crippen LogP contribution < -0.4 is 5.73 Å². The first-order valence-corrected chi connectivity index (χ1v) is 15.0. The van der Waals surface area contributed by atoms with Crippen molar-refractivity contribution < 1.29 is 49.0 Å². The number of ether oxygens (including phenoxy) is 1. The minimum Gasteiger partial charge on any atom is -0.475 e. The first-order chi connectivity index (χ1) is 18.7. The number of pyridine rings is 1. The quantitative estimate of drug-likeness (QED) is 0.442. The van der Waals surface area contributed by atoms with E-state index in [1.807, 2.05) is 0 Å². The number of morpholine rings is 1. The van der Waals surface area contributed by atoms with E-state index < -0.39 is 55.7 Å². The van der Waals surface area contributed by atoms with Gasteiger partial charge in [-0.05, 0) is 35.7 Å². The van der Waals surface area contributed by atoms with Crippen LogP contribution in [0.2, 0.25) is 0 Å². The van der Waals surface area contributed by atoms with Crippen molar-refractivity contribution >= 4 is 26.0 Å². The van der Waals surface area contributed by atoms with Crippen LogP contribution in [-0.2, 0) is 36.1 Å². The molecule has 4 rings (SSSR count). The SMILES string of the molecule is NCc1ccnc(S(=O)(=O)CC2CC(c3ccccc3F)CN2S(=O)(=O)N2CCOCC2)c1.O=C(O)C(F)(F)F. The number of hydrogen-bond acceptors (Lipinski definition) is 8. The van der Waals surface area contributed by atoms with E-state index in [-0.39, 0.29) is 50.8 Å². The van der Waals surface area contributed by atoms with Gasteiger partial charge < -0.3 is 15.6 Å². The summed E-state index contributed by atoms with van der Waals surface area (Å²) in [6.45, 7) is 1.05. The molecule has 40 heavy (non-hydrogen) atoms. The van der Waals surface area contributed by atoms with E-state index in [1.165, 1.54) is 26.9 Å². The van der Waals surface area contributed by atoms with Crippen molar-refractivity contribution in [3.63, 3.8) is 0 Å². The molecule has 3 heterocycles. The van der Waals surface area contributed by atoms with Gasteiger partial charge in [-0.25, -0.2) is 22.6 Å². The summed E-state index contributed by atoms with van der Waals surface area (Å²) in [5.41, 5.74) is 6.61. The smallest absolute Gasteiger partial charge is 0.475 e. The monoisotopic (exact) mass is 612 g/mol. The molecule has 2 aliphatic heterocycles. The molecule has 17 heteroatoms. The second-order valence-electron chi connectivity index (χ2n) is 8.99. The van der Waals surface area contributed by atoms with Crippen molar-refractivity contribution in [1.29, 1.82) is 0 Å². The Hall–Kier alpha value is -2.70. The Labute approximate surface area is 228 Å². The average Bonchev–Trinajstić information content (AvgIpc) is 3.33. The molecular weight excluding hydrogens is 584 g/mol. The van der Waals surface area contributed by atoms with Crippen LogP contribution in [0.3, 0.4) is 0 Å². The van der Waals surface area contributed by atoms with Gasteiger partial charge in [0.05, 0.1) is 19.0 Å². The topological polar surface area (TPSA) is 160 Å². The van der Waals surface area contributed by atoms with Crippen LogP contribution in [-0.4, -0.2) is 92.3 Å².